The van der Waals surface area contributed by atoms with E-state index in [1.165, 1.54) is 11.8 Å². The summed E-state index contributed by atoms with van der Waals surface area (Å²) in [5.41, 5.74) is 0.667. The van der Waals surface area contributed by atoms with Crippen LogP contribution in [-0.4, -0.2) is 52.3 Å². The van der Waals surface area contributed by atoms with Crippen LogP contribution in [0.2, 0.25) is 0 Å². The van der Waals surface area contributed by atoms with E-state index in [9.17, 15) is 4.79 Å². The first kappa shape index (κ1) is 14.4. The van der Waals surface area contributed by atoms with E-state index in [0.717, 1.165) is 12.1 Å². The van der Waals surface area contributed by atoms with Gasteiger partial charge in [-0.05, 0) is 6.92 Å². The highest BCUT2D eigenvalue weighted by Crippen LogP contribution is 2.28. The van der Waals surface area contributed by atoms with Crippen LogP contribution >= 0.6 is 11.8 Å². The van der Waals surface area contributed by atoms with Gasteiger partial charge in [0.1, 0.15) is 5.60 Å². The number of ether oxygens (including phenoxy) is 2. The molecular weight excluding hydrogens is 268 g/mol. The highest BCUT2D eigenvalue weighted by Gasteiger charge is 2.36. The third-order valence-corrected chi connectivity index (χ3v) is 4.26. The average Bonchev–Trinajstić information content (AvgIpc) is 2.97. The highest BCUT2D eigenvalue weighted by atomic mass is 32.2. The molecule has 0 aromatic carbocycles. The number of nitrogens with zero attached hydrogens (tertiary/aromatic N) is 2. The van der Waals surface area contributed by atoms with Crippen molar-refractivity contribution in [2.75, 3.05) is 26.1 Å². The zero-order valence-electron chi connectivity index (χ0n) is 11.1. The van der Waals surface area contributed by atoms with Crippen LogP contribution in [0.15, 0.2) is 11.4 Å². The number of carbonyl (C=O) groups is 1. The van der Waals surface area contributed by atoms with Crippen molar-refractivity contribution in [1.82, 2.24) is 9.55 Å². The van der Waals surface area contributed by atoms with E-state index in [1.807, 2.05) is 11.5 Å². The summed E-state index contributed by atoms with van der Waals surface area (Å²) < 4.78 is 13.0. The number of thioether (sulfide) groups is 1. The molecule has 0 saturated carbocycles. The second-order valence-electron chi connectivity index (χ2n) is 4.64. The molecular formula is C12H18N2O4S. The smallest absolute Gasteiger partial charge is 0.313 e. The molecule has 1 fully saturated rings. The zero-order chi connectivity index (χ0) is 13.9. The van der Waals surface area contributed by atoms with E-state index >= 15 is 0 Å². The Morgan fingerprint density at radius 2 is 2.53 bits per heavy atom. The van der Waals surface area contributed by atoms with E-state index in [2.05, 4.69) is 4.98 Å². The number of methoxy groups -OCH3 is 1. The summed E-state index contributed by atoms with van der Waals surface area (Å²) in [7, 11) is 1.69. The molecule has 1 aromatic heterocycles. The summed E-state index contributed by atoms with van der Waals surface area (Å²) in [5.74, 6) is -0.838. The Balaban J connectivity index is 2.14. The largest absolute Gasteiger partial charge is 0.481 e. The monoisotopic (exact) mass is 286 g/mol. The van der Waals surface area contributed by atoms with Crippen molar-refractivity contribution < 1.29 is 19.4 Å². The van der Waals surface area contributed by atoms with Gasteiger partial charge in [0.2, 0.25) is 0 Å². The van der Waals surface area contributed by atoms with Crippen LogP contribution in [0.1, 0.15) is 12.1 Å². The molecule has 6 nitrogen and oxygen atoms in total. The van der Waals surface area contributed by atoms with E-state index in [0.29, 0.717) is 24.9 Å². The lowest BCUT2D eigenvalue weighted by Crippen LogP contribution is -2.37. The number of aliphatic carboxylic acids is 1. The topological polar surface area (TPSA) is 73.6 Å². The first-order valence-corrected chi connectivity index (χ1v) is 7.04. The number of imidazole rings is 1. The Morgan fingerprint density at radius 1 is 1.74 bits per heavy atom. The predicted molar refractivity (Wildman–Crippen MR) is 70.5 cm³/mol. The number of aryl methyl sites for hydroxylation is 1. The third-order valence-electron chi connectivity index (χ3n) is 3.29. The third kappa shape index (κ3) is 3.29. The van der Waals surface area contributed by atoms with Crippen molar-refractivity contribution in [2.24, 2.45) is 0 Å². The molecule has 106 valence electrons. The molecule has 0 bridgehead atoms. The lowest BCUT2D eigenvalue weighted by atomic mass is 10.0. The molecule has 2 heterocycles. The Labute approximate surface area is 116 Å². The van der Waals surface area contributed by atoms with Gasteiger partial charge in [0, 0.05) is 32.0 Å². The predicted octanol–water partition coefficient (Wildman–Crippen LogP) is 1.17. The molecule has 1 atom stereocenters. The first-order chi connectivity index (χ1) is 9.06. The van der Waals surface area contributed by atoms with Crippen LogP contribution in [-0.2, 0) is 20.8 Å². The van der Waals surface area contributed by atoms with Crippen molar-refractivity contribution in [3.8, 4) is 0 Å². The number of hydrogen-bond donors (Lipinski definition) is 1. The first-order valence-electron chi connectivity index (χ1n) is 6.06. The van der Waals surface area contributed by atoms with Crippen LogP contribution in [0.4, 0.5) is 0 Å². The Hall–Kier alpha value is -1.05. The van der Waals surface area contributed by atoms with Gasteiger partial charge in [-0.2, -0.15) is 0 Å². The summed E-state index contributed by atoms with van der Waals surface area (Å²) >= 11 is 1.22. The van der Waals surface area contributed by atoms with Gasteiger partial charge < -0.3 is 19.1 Å². The Morgan fingerprint density at radius 3 is 3.11 bits per heavy atom. The fourth-order valence-electron chi connectivity index (χ4n) is 2.10. The summed E-state index contributed by atoms with van der Waals surface area (Å²) in [6.45, 7) is 3.84. The minimum Gasteiger partial charge on any atom is -0.481 e. The van der Waals surface area contributed by atoms with Crippen LogP contribution in [0.25, 0.3) is 0 Å². The standard InChI is InChI=1S/C12H18N2O4S/c1-9-5-13-11(19-6-10(15)16)14(9)7-12(17-2)3-4-18-8-12/h5H,3-4,6-8H2,1-2H3,(H,15,16). The van der Waals surface area contributed by atoms with Crippen molar-refractivity contribution >= 4 is 17.7 Å². The molecule has 1 saturated heterocycles. The van der Waals surface area contributed by atoms with Gasteiger partial charge in [-0.15, -0.1) is 0 Å². The zero-order valence-corrected chi connectivity index (χ0v) is 11.9. The second-order valence-corrected chi connectivity index (χ2v) is 5.58. The summed E-state index contributed by atoms with van der Waals surface area (Å²) in [4.78, 5) is 14.9. The maximum Gasteiger partial charge on any atom is 0.313 e. The number of aromatic nitrogens is 2. The molecule has 0 spiro atoms. The summed E-state index contributed by atoms with van der Waals surface area (Å²) in [6.07, 6.45) is 2.59. The van der Waals surface area contributed by atoms with Crippen LogP contribution in [0.5, 0.6) is 0 Å². The molecule has 1 aliphatic heterocycles. The van der Waals surface area contributed by atoms with Crippen LogP contribution in [0, 0.1) is 6.92 Å². The van der Waals surface area contributed by atoms with E-state index in [1.54, 1.807) is 13.3 Å². The number of rotatable bonds is 6. The molecule has 2 rings (SSSR count). The molecule has 0 aliphatic carbocycles. The average molecular weight is 286 g/mol. The van der Waals surface area contributed by atoms with Gasteiger partial charge in [-0.3, -0.25) is 4.79 Å². The lowest BCUT2D eigenvalue weighted by Gasteiger charge is -2.27. The van der Waals surface area contributed by atoms with Crippen molar-refractivity contribution in [2.45, 2.75) is 30.6 Å². The number of carboxylic acid groups (broad SMARTS) is 1. The quantitative estimate of drug-likeness (QED) is 0.791. The van der Waals surface area contributed by atoms with E-state index in [-0.39, 0.29) is 11.4 Å². The highest BCUT2D eigenvalue weighted by molar-refractivity contribution is 7.99. The van der Waals surface area contributed by atoms with E-state index in [4.69, 9.17) is 14.6 Å². The van der Waals surface area contributed by atoms with Crippen molar-refractivity contribution in [3.05, 3.63) is 11.9 Å². The van der Waals surface area contributed by atoms with Gasteiger partial charge >= 0.3 is 5.97 Å². The number of hydrogen-bond acceptors (Lipinski definition) is 5. The van der Waals surface area contributed by atoms with Crippen molar-refractivity contribution in [1.29, 1.82) is 0 Å². The lowest BCUT2D eigenvalue weighted by molar-refractivity contribution is -0.133. The summed E-state index contributed by atoms with van der Waals surface area (Å²) in [5, 5.41) is 9.46. The molecule has 1 N–H and O–H groups in total. The fraction of sp³-hybridized carbons (Fsp3) is 0.667. The minimum atomic E-state index is -0.845. The van der Waals surface area contributed by atoms with Gasteiger partial charge in [-0.1, -0.05) is 11.8 Å². The normalized spacial score (nSPS) is 22.8. The van der Waals surface area contributed by atoms with Gasteiger partial charge in [0.25, 0.3) is 0 Å². The molecule has 1 aromatic rings. The second kappa shape index (κ2) is 5.94. The molecule has 0 radical (unpaired) electrons. The van der Waals surface area contributed by atoms with Crippen LogP contribution in [0.3, 0.4) is 0 Å². The van der Waals surface area contributed by atoms with Gasteiger partial charge in [0.15, 0.2) is 5.16 Å². The molecule has 1 aliphatic rings. The Bertz CT molecular complexity index is 455. The molecule has 0 amide bonds. The molecule has 7 heteroatoms. The fourth-order valence-corrected chi connectivity index (χ4v) is 2.84. The maximum atomic E-state index is 10.7. The van der Waals surface area contributed by atoms with Crippen molar-refractivity contribution in [3.63, 3.8) is 0 Å². The van der Waals surface area contributed by atoms with Gasteiger partial charge in [0.05, 0.1) is 18.9 Å². The summed E-state index contributed by atoms with van der Waals surface area (Å²) in [6, 6.07) is 0. The Kier molecular flexibility index (Phi) is 4.49. The molecule has 1 unspecified atom stereocenters. The molecule has 19 heavy (non-hydrogen) atoms. The van der Waals surface area contributed by atoms with E-state index < -0.39 is 5.97 Å². The maximum absolute atomic E-state index is 10.7. The SMILES string of the molecule is COC1(Cn2c(C)cnc2SCC(=O)O)CCOC1. The van der Waals surface area contributed by atoms with Crippen LogP contribution < -0.4 is 0 Å². The number of carboxylic acids is 1. The van der Waals surface area contributed by atoms with Gasteiger partial charge in [-0.25, -0.2) is 4.98 Å². The minimum absolute atomic E-state index is 0.00688.